The van der Waals surface area contributed by atoms with E-state index in [-0.39, 0.29) is 5.82 Å². The normalized spacial score (nSPS) is 11.6. The number of fused-ring (bicyclic) bond motifs is 2. The number of aromatic amines is 1. The molecule has 0 aliphatic heterocycles. The summed E-state index contributed by atoms with van der Waals surface area (Å²) in [6.07, 6.45) is 2.35. The van der Waals surface area contributed by atoms with E-state index < -0.39 is 0 Å². The van der Waals surface area contributed by atoms with Gasteiger partial charge in [0.15, 0.2) is 0 Å². The van der Waals surface area contributed by atoms with Gasteiger partial charge in [-0.3, -0.25) is 0 Å². The van der Waals surface area contributed by atoms with Crippen LogP contribution < -0.4 is 5.32 Å². The number of benzene rings is 1. The summed E-state index contributed by atoms with van der Waals surface area (Å²) in [4.78, 5) is 14.3. The number of rotatable bonds is 5. The second-order valence-corrected chi connectivity index (χ2v) is 9.94. The number of nitrogens with zero attached hydrogens (tertiary/aromatic N) is 2. The van der Waals surface area contributed by atoms with Crippen LogP contribution in [0.3, 0.4) is 0 Å². The van der Waals surface area contributed by atoms with E-state index in [1.807, 2.05) is 32.0 Å². The fraction of sp³-hybridized carbons (Fsp3) is 0.182. The molecule has 0 amide bonds. The highest BCUT2D eigenvalue weighted by molar-refractivity contribution is 7.27. The predicted octanol–water partition coefficient (Wildman–Crippen LogP) is 6.97. The number of aryl methyl sites for hydroxylation is 2. The van der Waals surface area contributed by atoms with Gasteiger partial charge in [0, 0.05) is 27.4 Å². The quantitative estimate of drug-likeness (QED) is 0.300. The van der Waals surface area contributed by atoms with E-state index in [4.69, 9.17) is 11.6 Å². The van der Waals surface area contributed by atoms with Gasteiger partial charge in [-0.25, -0.2) is 14.4 Å². The van der Waals surface area contributed by atoms with Gasteiger partial charge in [0.05, 0.1) is 20.1 Å². The summed E-state index contributed by atoms with van der Waals surface area (Å²) < 4.78 is 16.0. The molecule has 5 rings (SSSR count). The van der Waals surface area contributed by atoms with Gasteiger partial charge in [-0.2, -0.15) is 0 Å². The number of aromatic nitrogens is 3. The maximum absolute atomic E-state index is 14.2. The van der Waals surface area contributed by atoms with Gasteiger partial charge in [-0.15, -0.1) is 22.7 Å². The predicted molar refractivity (Wildman–Crippen MR) is 126 cm³/mol. The van der Waals surface area contributed by atoms with Gasteiger partial charge in [-0.05, 0) is 55.7 Å². The topological polar surface area (TPSA) is 53.6 Å². The van der Waals surface area contributed by atoms with Gasteiger partial charge in [0.25, 0.3) is 0 Å². The van der Waals surface area contributed by atoms with E-state index in [1.54, 1.807) is 29.0 Å². The first kappa shape index (κ1) is 19.5. The van der Waals surface area contributed by atoms with Crippen LogP contribution in [0.5, 0.6) is 0 Å². The van der Waals surface area contributed by atoms with Crippen molar-refractivity contribution in [2.24, 2.45) is 0 Å². The lowest BCUT2D eigenvalue weighted by Gasteiger charge is -2.07. The summed E-state index contributed by atoms with van der Waals surface area (Å²) >= 11 is 9.30. The van der Waals surface area contributed by atoms with Crippen LogP contribution in [0.15, 0.2) is 36.7 Å². The van der Waals surface area contributed by atoms with E-state index >= 15 is 0 Å². The van der Waals surface area contributed by atoms with Gasteiger partial charge >= 0.3 is 0 Å². The minimum absolute atomic E-state index is 0.213. The van der Waals surface area contributed by atoms with Gasteiger partial charge in [0.1, 0.15) is 18.0 Å². The third kappa shape index (κ3) is 3.37. The minimum atomic E-state index is -0.213. The first-order chi connectivity index (χ1) is 14.5. The molecule has 0 aliphatic carbocycles. The lowest BCUT2D eigenvalue weighted by Crippen LogP contribution is -2.07. The van der Waals surface area contributed by atoms with Crippen molar-refractivity contribution in [2.45, 2.75) is 20.3 Å². The zero-order valence-corrected chi connectivity index (χ0v) is 18.7. The highest BCUT2D eigenvalue weighted by Crippen LogP contribution is 2.39. The molecule has 4 aromatic heterocycles. The molecule has 0 fully saturated rings. The summed E-state index contributed by atoms with van der Waals surface area (Å²) in [6.45, 7) is 4.70. The third-order valence-corrected chi connectivity index (χ3v) is 7.78. The number of anilines is 1. The molecule has 0 atom stereocenters. The van der Waals surface area contributed by atoms with Crippen LogP contribution in [0.1, 0.15) is 16.8 Å². The SMILES string of the molecule is Cc1[nH]c2c(F)ccc(C)c2c1CCNc1ncnc2cc(-c3ccc(Cl)s3)sc12. The molecule has 0 bridgehead atoms. The zero-order valence-electron chi connectivity index (χ0n) is 16.3. The van der Waals surface area contributed by atoms with Crippen LogP contribution in [-0.4, -0.2) is 21.5 Å². The fourth-order valence-corrected chi connectivity index (χ4v) is 6.01. The molecular weight excluding hydrogens is 439 g/mol. The van der Waals surface area contributed by atoms with Crippen LogP contribution in [0.2, 0.25) is 4.34 Å². The van der Waals surface area contributed by atoms with E-state index in [0.29, 0.717) is 12.1 Å². The first-order valence-electron chi connectivity index (χ1n) is 9.51. The molecule has 2 N–H and O–H groups in total. The van der Waals surface area contributed by atoms with E-state index in [2.05, 4.69) is 26.3 Å². The largest absolute Gasteiger partial charge is 0.368 e. The van der Waals surface area contributed by atoms with Crippen LogP contribution in [-0.2, 0) is 6.42 Å². The van der Waals surface area contributed by atoms with Crippen molar-refractivity contribution >= 4 is 61.2 Å². The Bertz CT molecular complexity index is 1390. The number of hydrogen-bond donors (Lipinski definition) is 2. The van der Waals surface area contributed by atoms with E-state index in [9.17, 15) is 4.39 Å². The molecule has 0 saturated heterocycles. The van der Waals surface area contributed by atoms with Crippen molar-refractivity contribution in [2.75, 3.05) is 11.9 Å². The second kappa shape index (κ2) is 7.65. The lowest BCUT2D eigenvalue weighted by molar-refractivity contribution is 0.637. The second-order valence-electron chi connectivity index (χ2n) is 7.17. The molecule has 0 saturated carbocycles. The summed E-state index contributed by atoms with van der Waals surface area (Å²) in [7, 11) is 0. The average Bonchev–Trinajstić information content (AvgIpc) is 3.42. The minimum Gasteiger partial charge on any atom is -0.368 e. The van der Waals surface area contributed by atoms with Gasteiger partial charge in [0.2, 0.25) is 0 Å². The summed E-state index contributed by atoms with van der Waals surface area (Å²) in [6, 6.07) is 9.36. The Balaban J connectivity index is 1.41. The molecule has 1 aromatic carbocycles. The van der Waals surface area contributed by atoms with E-state index in [1.165, 1.54) is 6.07 Å². The Morgan fingerprint density at radius 2 is 1.97 bits per heavy atom. The third-order valence-electron chi connectivity index (χ3n) is 5.22. The Labute approximate surface area is 185 Å². The summed E-state index contributed by atoms with van der Waals surface area (Å²) in [5.41, 5.74) is 4.72. The van der Waals surface area contributed by atoms with E-state index in [0.717, 1.165) is 58.8 Å². The van der Waals surface area contributed by atoms with Crippen molar-refractivity contribution in [1.82, 2.24) is 15.0 Å². The Morgan fingerprint density at radius 1 is 1.10 bits per heavy atom. The fourth-order valence-electron chi connectivity index (χ4n) is 3.81. The van der Waals surface area contributed by atoms with Crippen molar-refractivity contribution in [3.05, 3.63) is 63.6 Å². The molecule has 5 aromatic rings. The first-order valence-corrected chi connectivity index (χ1v) is 11.5. The molecule has 0 radical (unpaired) electrons. The Kier molecular flexibility index (Phi) is 4.97. The molecule has 8 heteroatoms. The molecule has 152 valence electrons. The maximum atomic E-state index is 14.2. The number of thiophene rings is 2. The number of H-pyrrole nitrogens is 1. The molecule has 0 unspecified atom stereocenters. The molecule has 4 nitrogen and oxygen atoms in total. The van der Waals surface area contributed by atoms with Crippen molar-refractivity contribution in [3.8, 4) is 9.75 Å². The lowest BCUT2D eigenvalue weighted by atomic mass is 10.0. The zero-order chi connectivity index (χ0) is 20.8. The van der Waals surface area contributed by atoms with Crippen molar-refractivity contribution in [1.29, 1.82) is 0 Å². The van der Waals surface area contributed by atoms with Crippen LogP contribution in [0.4, 0.5) is 10.2 Å². The molecule has 0 aliphatic rings. The van der Waals surface area contributed by atoms with Crippen molar-refractivity contribution < 1.29 is 4.39 Å². The molecule has 0 spiro atoms. The molecule has 30 heavy (non-hydrogen) atoms. The summed E-state index contributed by atoms with van der Waals surface area (Å²) in [5.74, 6) is 0.606. The van der Waals surface area contributed by atoms with Gasteiger partial charge < -0.3 is 10.3 Å². The van der Waals surface area contributed by atoms with Crippen LogP contribution in [0.25, 0.3) is 30.9 Å². The smallest absolute Gasteiger partial charge is 0.147 e. The van der Waals surface area contributed by atoms with Crippen LogP contribution in [0, 0.1) is 19.7 Å². The highest BCUT2D eigenvalue weighted by Gasteiger charge is 2.15. The number of halogens is 2. The van der Waals surface area contributed by atoms with Crippen LogP contribution >= 0.6 is 34.3 Å². The average molecular weight is 457 g/mol. The highest BCUT2D eigenvalue weighted by atomic mass is 35.5. The number of nitrogens with one attached hydrogen (secondary N) is 2. The number of hydrogen-bond acceptors (Lipinski definition) is 5. The standard InChI is InChI=1S/C22H18ClFN4S2/c1-11-3-4-14(24)20-19(11)13(12(2)28-20)7-8-25-22-21-15(26-10-27-22)9-17(30-21)16-5-6-18(23)29-16/h3-6,9-10,28H,7-8H2,1-2H3,(H,25,26,27). The monoisotopic (exact) mass is 456 g/mol. The summed E-state index contributed by atoms with van der Waals surface area (Å²) in [5, 5.41) is 4.43. The van der Waals surface area contributed by atoms with Gasteiger partial charge in [-0.1, -0.05) is 17.7 Å². The Morgan fingerprint density at radius 3 is 2.77 bits per heavy atom. The maximum Gasteiger partial charge on any atom is 0.147 e. The van der Waals surface area contributed by atoms with Crippen molar-refractivity contribution in [3.63, 3.8) is 0 Å². The Hall–Kier alpha value is -2.48. The molecule has 4 heterocycles. The molecular formula is C22H18ClFN4S2.